The molecule has 1 aromatic carbocycles. The zero-order chi connectivity index (χ0) is 19.4. The minimum atomic E-state index is -1.25. The van der Waals surface area contributed by atoms with Crippen LogP contribution in [0, 0.1) is 11.6 Å². The average molecular weight is 367 g/mol. The molecule has 0 radical (unpaired) electrons. The number of nitrogens with zero attached hydrogens (tertiary/aromatic N) is 1. The van der Waals surface area contributed by atoms with Gasteiger partial charge in [-0.1, -0.05) is 6.07 Å². The summed E-state index contributed by atoms with van der Waals surface area (Å²) in [5.41, 5.74) is 0.464. The molecule has 1 heterocycles. The van der Waals surface area contributed by atoms with Crippen LogP contribution >= 0.6 is 0 Å². The van der Waals surface area contributed by atoms with Crippen molar-refractivity contribution in [3.05, 3.63) is 46.7 Å². The maximum atomic E-state index is 13.6. The highest BCUT2D eigenvalue weighted by Crippen LogP contribution is 2.32. The number of carbonyl (C=O) groups excluding carboxylic acids is 3. The zero-order valence-corrected chi connectivity index (χ0v) is 14.2. The molecule has 1 aliphatic rings. The number of ether oxygens (including phenoxy) is 1. The second-order valence-electron chi connectivity index (χ2n) is 5.67. The van der Waals surface area contributed by atoms with Crippen LogP contribution in [-0.2, 0) is 14.3 Å². The SMILES string of the molecule is COC(=O)C1=C(C)N(CCCC(=O)[O-])C(=O)N[C@@H]1c1ccc(F)c(F)c1. The predicted molar refractivity (Wildman–Crippen MR) is 83.3 cm³/mol. The lowest BCUT2D eigenvalue weighted by molar-refractivity contribution is -0.305. The fourth-order valence-electron chi connectivity index (χ4n) is 2.75. The van der Waals surface area contributed by atoms with E-state index in [-0.39, 0.29) is 36.2 Å². The summed E-state index contributed by atoms with van der Waals surface area (Å²) in [6, 6.07) is 1.42. The molecule has 0 bridgehead atoms. The average Bonchev–Trinajstić information content (AvgIpc) is 2.58. The largest absolute Gasteiger partial charge is 0.550 e. The summed E-state index contributed by atoms with van der Waals surface area (Å²) < 4.78 is 31.5. The van der Waals surface area contributed by atoms with Crippen LogP contribution < -0.4 is 10.4 Å². The number of esters is 1. The second-order valence-corrected chi connectivity index (χ2v) is 5.67. The number of nitrogens with one attached hydrogen (secondary N) is 1. The minimum Gasteiger partial charge on any atom is -0.550 e. The van der Waals surface area contributed by atoms with Crippen LogP contribution in [0.25, 0.3) is 0 Å². The maximum Gasteiger partial charge on any atom is 0.337 e. The first kappa shape index (κ1) is 19.4. The monoisotopic (exact) mass is 367 g/mol. The van der Waals surface area contributed by atoms with E-state index in [1.807, 2.05) is 0 Å². The molecule has 1 aromatic rings. The van der Waals surface area contributed by atoms with Crippen molar-refractivity contribution in [1.82, 2.24) is 10.2 Å². The highest BCUT2D eigenvalue weighted by atomic mass is 19.2. The third-order valence-corrected chi connectivity index (χ3v) is 4.04. The van der Waals surface area contributed by atoms with E-state index in [1.165, 1.54) is 17.9 Å². The molecule has 2 rings (SSSR count). The van der Waals surface area contributed by atoms with E-state index >= 15 is 0 Å². The molecule has 0 saturated carbocycles. The number of carboxylic acid groups (broad SMARTS) is 1. The summed E-state index contributed by atoms with van der Waals surface area (Å²) in [6.07, 6.45) is -0.130. The topological polar surface area (TPSA) is 98.8 Å². The van der Waals surface area contributed by atoms with Gasteiger partial charge >= 0.3 is 12.0 Å². The third kappa shape index (κ3) is 3.98. The fraction of sp³-hybridized carbons (Fsp3) is 0.353. The van der Waals surface area contributed by atoms with Crippen molar-refractivity contribution in [2.24, 2.45) is 0 Å². The quantitative estimate of drug-likeness (QED) is 0.757. The molecular weight excluding hydrogens is 350 g/mol. The Bertz CT molecular complexity index is 778. The van der Waals surface area contributed by atoms with Crippen molar-refractivity contribution in [1.29, 1.82) is 0 Å². The molecule has 140 valence electrons. The Labute approximate surface area is 148 Å². The van der Waals surface area contributed by atoms with Crippen molar-refractivity contribution in [3.63, 3.8) is 0 Å². The number of hydrogen-bond donors (Lipinski definition) is 1. The van der Waals surface area contributed by atoms with Crippen LogP contribution in [0.15, 0.2) is 29.5 Å². The van der Waals surface area contributed by atoms with Gasteiger partial charge in [0.05, 0.1) is 18.7 Å². The Morgan fingerprint density at radius 2 is 2.00 bits per heavy atom. The van der Waals surface area contributed by atoms with E-state index in [0.29, 0.717) is 0 Å². The number of hydrogen-bond acceptors (Lipinski definition) is 5. The van der Waals surface area contributed by atoms with Gasteiger partial charge in [0.1, 0.15) is 0 Å². The van der Waals surface area contributed by atoms with Crippen molar-refractivity contribution < 1.29 is 33.0 Å². The third-order valence-electron chi connectivity index (χ3n) is 4.04. The van der Waals surface area contributed by atoms with Gasteiger partial charge in [0, 0.05) is 18.2 Å². The summed E-state index contributed by atoms with van der Waals surface area (Å²) in [5, 5.41) is 13.1. The predicted octanol–water partition coefficient (Wildman–Crippen LogP) is 1.01. The Morgan fingerprint density at radius 3 is 2.58 bits per heavy atom. The highest BCUT2D eigenvalue weighted by Gasteiger charge is 2.36. The molecule has 1 atom stereocenters. The number of rotatable bonds is 6. The number of urea groups is 1. The van der Waals surface area contributed by atoms with Gasteiger partial charge in [-0.25, -0.2) is 18.4 Å². The van der Waals surface area contributed by atoms with Crippen molar-refractivity contribution >= 4 is 18.0 Å². The lowest BCUT2D eigenvalue weighted by Gasteiger charge is -2.35. The van der Waals surface area contributed by atoms with E-state index in [9.17, 15) is 28.3 Å². The second kappa shape index (κ2) is 7.94. The Kier molecular flexibility index (Phi) is 5.91. The van der Waals surface area contributed by atoms with Crippen molar-refractivity contribution in [3.8, 4) is 0 Å². The van der Waals surface area contributed by atoms with E-state index < -0.39 is 35.6 Å². The standard InChI is InChI=1S/C17H18F2N2O5/c1-9-14(16(24)26-2)15(10-5-6-11(18)12(19)8-10)20-17(25)21(9)7-3-4-13(22)23/h5-6,8,15H,3-4,7H2,1-2H3,(H,20,25)(H,22,23)/p-1/t15-/m1/s1. The number of methoxy groups -OCH3 is 1. The fourth-order valence-corrected chi connectivity index (χ4v) is 2.75. The molecule has 9 heteroatoms. The van der Waals surface area contributed by atoms with Crippen LogP contribution in [-0.4, -0.2) is 36.5 Å². The number of halogens is 2. The summed E-state index contributed by atoms with van der Waals surface area (Å²) >= 11 is 0. The number of aliphatic carboxylic acids is 1. The van der Waals surface area contributed by atoms with E-state index in [4.69, 9.17) is 4.74 Å². The molecular formula is C17H17F2N2O5-. The van der Waals surface area contributed by atoms with E-state index in [2.05, 4.69) is 5.32 Å². The minimum absolute atomic E-state index is 0.0383. The number of benzene rings is 1. The molecule has 0 saturated heterocycles. The van der Waals surface area contributed by atoms with Crippen LogP contribution in [0.3, 0.4) is 0 Å². The van der Waals surface area contributed by atoms with Gasteiger partial charge in [-0.05, 0) is 37.5 Å². The van der Waals surface area contributed by atoms with Crippen molar-refractivity contribution in [2.75, 3.05) is 13.7 Å². The lowest BCUT2D eigenvalue weighted by atomic mass is 9.94. The molecule has 2 amide bonds. The van der Waals surface area contributed by atoms with E-state index in [1.54, 1.807) is 0 Å². The van der Waals surface area contributed by atoms with Gasteiger partial charge in [-0.3, -0.25) is 4.90 Å². The molecule has 1 aliphatic heterocycles. The molecule has 26 heavy (non-hydrogen) atoms. The number of carboxylic acids is 1. The van der Waals surface area contributed by atoms with Gasteiger partial charge in [-0.2, -0.15) is 0 Å². The Balaban J connectivity index is 2.41. The first-order valence-corrected chi connectivity index (χ1v) is 7.78. The Morgan fingerprint density at radius 1 is 1.31 bits per heavy atom. The number of carbonyl (C=O) groups is 3. The molecule has 0 unspecified atom stereocenters. The summed E-state index contributed by atoms with van der Waals surface area (Å²) in [4.78, 5) is 36.3. The molecule has 1 N–H and O–H groups in total. The zero-order valence-electron chi connectivity index (χ0n) is 14.2. The first-order valence-electron chi connectivity index (χ1n) is 7.78. The van der Waals surface area contributed by atoms with Gasteiger partial charge < -0.3 is 20.0 Å². The summed E-state index contributed by atoms with van der Waals surface area (Å²) in [7, 11) is 1.15. The van der Waals surface area contributed by atoms with Gasteiger partial charge in [-0.15, -0.1) is 0 Å². The van der Waals surface area contributed by atoms with Gasteiger partial charge in [0.25, 0.3) is 0 Å². The van der Waals surface area contributed by atoms with Crippen LogP contribution in [0.4, 0.5) is 13.6 Å². The molecule has 7 nitrogen and oxygen atoms in total. The first-order chi connectivity index (χ1) is 12.3. The molecule has 0 aromatic heterocycles. The van der Waals surface area contributed by atoms with Crippen LogP contribution in [0.5, 0.6) is 0 Å². The lowest BCUT2D eigenvalue weighted by Crippen LogP contribution is -2.48. The highest BCUT2D eigenvalue weighted by molar-refractivity contribution is 5.95. The maximum absolute atomic E-state index is 13.6. The number of amides is 2. The van der Waals surface area contributed by atoms with Gasteiger partial charge in [0.2, 0.25) is 0 Å². The summed E-state index contributed by atoms with van der Waals surface area (Å²) in [5.74, 6) is -4.17. The van der Waals surface area contributed by atoms with E-state index in [0.717, 1.165) is 19.2 Å². The smallest absolute Gasteiger partial charge is 0.337 e. The molecule has 0 aliphatic carbocycles. The molecule has 0 spiro atoms. The molecule has 0 fully saturated rings. The summed E-state index contributed by atoms with van der Waals surface area (Å²) in [6.45, 7) is 1.54. The Hall–Kier alpha value is -2.97. The van der Waals surface area contributed by atoms with Crippen molar-refractivity contribution in [2.45, 2.75) is 25.8 Å². The van der Waals surface area contributed by atoms with Crippen LogP contribution in [0.2, 0.25) is 0 Å². The number of allylic oxidation sites excluding steroid dienone is 1. The van der Waals surface area contributed by atoms with Gasteiger partial charge in [0.15, 0.2) is 11.6 Å². The van der Waals surface area contributed by atoms with Crippen LogP contribution in [0.1, 0.15) is 31.4 Å². The normalized spacial score (nSPS) is 17.2.